The summed E-state index contributed by atoms with van der Waals surface area (Å²) in [4.78, 5) is 27.6. The molecule has 0 aromatic heterocycles. The van der Waals surface area contributed by atoms with Crippen molar-refractivity contribution >= 4 is 17.3 Å². The minimum atomic E-state index is -0.402. The largest absolute Gasteiger partial charge is 0.378 e. The van der Waals surface area contributed by atoms with E-state index < -0.39 is 4.92 Å². The molecule has 0 radical (unpaired) electrons. The van der Waals surface area contributed by atoms with E-state index in [9.17, 15) is 14.9 Å². The van der Waals surface area contributed by atoms with Gasteiger partial charge in [0.2, 0.25) is 0 Å². The Bertz CT molecular complexity index is 628. The van der Waals surface area contributed by atoms with E-state index in [1.807, 2.05) is 16.7 Å². The lowest BCUT2D eigenvalue weighted by Crippen LogP contribution is -2.42. The van der Waals surface area contributed by atoms with Crippen molar-refractivity contribution in [2.24, 2.45) is 0 Å². The van der Waals surface area contributed by atoms with E-state index in [-0.39, 0.29) is 17.6 Å². The van der Waals surface area contributed by atoms with Crippen LogP contribution in [-0.4, -0.2) is 54.6 Å². The van der Waals surface area contributed by atoms with Crippen LogP contribution >= 0.6 is 0 Å². The lowest BCUT2D eigenvalue weighted by atomic mass is 10.0. The van der Waals surface area contributed by atoms with Crippen LogP contribution in [0.3, 0.4) is 0 Å². The molecule has 0 N–H and O–H groups in total. The molecule has 24 heavy (non-hydrogen) atoms. The number of likely N-dealkylation sites (tertiary alicyclic amines) is 1. The molecule has 0 bridgehead atoms. The number of nitrogens with zero attached hydrogens (tertiary/aromatic N) is 3. The molecule has 0 aliphatic carbocycles. The molecule has 1 aromatic rings. The Labute approximate surface area is 141 Å². The van der Waals surface area contributed by atoms with Crippen molar-refractivity contribution in [1.29, 1.82) is 0 Å². The third-order valence-corrected chi connectivity index (χ3v) is 4.83. The highest BCUT2D eigenvalue weighted by Gasteiger charge is 2.27. The molecule has 1 aromatic carbocycles. The third-order valence-electron chi connectivity index (χ3n) is 4.83. The van der Waals surface area contributed by atoms with Gasteiger partial charge < -0.3 is 14.5 Å². The number of nitro groups is 1. The third kappa shape index (κ3) is 3.36. The van der Waals surface area contributed by atoms with Gasteiger partial charge in [0.15, 0.2) is 0 Å². The minimum absolute atomic E-state index is 0.00703. The minimum Gasteiger partial charge on any atom is -0.378 e. The summed E-state index contributed by atoms with van der Waals surface area (Å²) >= 11 is 0. The number of anilines is 1. The first-order valence-corrected chi connectivity index (χ1v) is 8.50. The molecule has 1 atom stereocenters. The number of nitro benzene ring substituents is 1. The van der Waals surface area contributed by atoms with Crippen molar-refractivity contribution < 1.29 is 14.5 Å². The summed E-state index contributed by atoms with van der Waals surface area (Å²) in [6.07, 6.45) is 3.10. The summed E-state index contributed by atoms with van der Waals surface area (Å²) in [5.74, 6) is -0.112. The lowest BCUT2D eigenvalue weighted by Gasteiger charge is -2.33. The molecule has 0 saturated carbocycles. The number of ether oxygens (including phenoxy) is 1. The molecule has 130 valence electrons. The fourth-order valence-corrected chi connectivity index (χ4v) is 3.44. The van der Waals surface area contributed by atoms with Crippen molar-refractivity contribution in [2.75, 3.05) is 37.7 Å². The number of rotatable bonds is 3. The van der Waals surface area contributed by atoms with Crippen LogP contribution in [0, 0.1) is 10.1 Å². The highest BCUT2D eigenvalue weighted by atomic mass is 16.6. The zero-order chi connectivity index (χ0) is 17.1. The van der Waals surface area contributed by atoms with Crippen molar-refractivity contribution in [3.05, 3.63) is 33.9 Å². The predicted octanol–water partition coefficient (Wildman–Crippen LogP) is 2.45. The summed E-state index contributed by atoms with van der Waals surface area (Å²) in [5, 5.41) is 11.5. The number of hydrogen-bond donors (Lipinski definition) is 0. The Morgan fingerprint density at radius 2 is 2.00 bits per heavy atom. The maximum Gasteiger partial charge on any atom is 0.293 e. The number of amides is 1. The summed E-state index contributed by atoms with van der Waals surface area (Å²) < 4.78 is 5.30. The number of piperidine rings is 1. The molecule has 0 spiro atoms. The van der Waals surface area contributed by atoms with Gasteiger partial charge in [0, 0.05) is 37.3 Å². The van der Waals surface area contributed by atoms with E-state index in [1.165, 1.54) is 6.07 Å². The van der Waals surface area contributed by atoms with Gasteiger partial charge in [0.05, 0.1) is 18.1 Å². The fourth-order valence-electron chi connectivity index (χ4n) is 3.44. The number of morpholine rings is 1. The average molecular weight is 333 g/mol. The summed E-state index contributed by atoms with van der Waals surface area (Å²) in [7, 11) is 0. The lowest BCUT2D eigenvalue weighted by molar-refractivity contribution is -0.384. The number of carbonyl (C=O) groups is 1. The Balaban J connectivity index is 1.88. The Hall–Kier alpha value is -2.15. The van der Waals surface area contributed by atoms with Gasteiger partial charge in [-0.25, -0.2) is 0 Å². The van der Waals surface area contributed by atoms with Crippen LogP contribution in [0.2, 0.25) is 0 Å². The van der Waals surface area contributed by atoms with Crippen LogP contribution in [0.25, 0.3) is 0 Å². The first-order valence-electron chi connectivity index (χ1n) is 8.50. The molecule has 2 aliphatic rings. The molecule has 2 aliphatic heterocycles. The average Bonchev–Trinajstić information content (AvgIpc) is 2.62. The molecular formula is C17H23N3O4. The maximum atomic E-state index is 12.7. The van der Waals surface area contributed by atoms with Crippen LogP contribution in [0.5, 0.6) is 0 Å². The molecule has 7 nitrogen and oxygen atoms in total. The van der Waals surface area contributed by atoms with Crippen molar-refractivity contribution in [2.45, 2.75) is 32.2 Å². The molecule has 0 unspecified atom stereocenters. The Morgan fingerprint density at radius 1 is 1.25 bits per heavy atom. The molecule has 2 heterocycles. The topological polar surface area (TPSA) is 75.9 Å². The second-order valence-electron chi connectivity index (χ2n) is 6.40. The molecule has 7 heteroatoms. The van der Waals surface area contributed by atoms with Gasteiger partial charge in [-0.15, -0.1) is 0 Å². The van der Waals surface area contributed by atoms with Gasteiger partial charge in [-0.05, 0) is 38.3 Å². The SMILES string of the molecule is C[C@@H]1CCCCN1C(=O)c1ccc(N2CCOCC2)c([N+](=O)[O-])c1. The molecular weight excluding hydrogens is 310 g/mol. The zero-order valence-electron chi connectivity index (χ0n) is 13.9. The van der Waals surface area contributed by atoms with Gasteiger partial charge in [0.1, 0.15) is 5.69 Å². The fraction of sp³-hybridized carbons (Fsp3) is 0.588. The second-order valence-corrected chi connectivity index (χ2v) is 6.40. The van der Waals surface area contributed by atoms with Crippen LogP contribution in [0.4, 0.5) is 11.4 Å². The van der Waals surface area contributed by atoms with Gasteiger partial charge in [-0.3, -0.25) is 14.9 Å². The number of hydrogen-bond acceptors (Lipinski definition) is 5. The molecule has 1 amide bonds. The standard InChI is InChI=1S/C17H23N3O4/c1-13-4-2-3-7-19(13)17(21)14-5-6-15(16(12-14)20(22)23)18-8-10-24-11-9-18/h5-6,12-13H,2-4,7-11H2,1H3/t13-/m1/s1. The van der Waals surface area contributed by atoms with E-state index in [0.717, 1.165) is 25.8 Å². The monoisotopic (exact) mass is 333 g/mol. The van der Waals surface area contributed by atoms with Crippen molar-refractivity contribution in [3.8, 4) is 0 Å². The van der Waals surface area contributed by atoms with E-state index in [0.29, 0.717) is 37.6 Å². The van der Waals surface area contributed by atoms with Crippen LogP contribution in [0.1, 0.15) is 36.5 Å². The molecule has 2 saturated heterocycles. The summed E-state index contributed by atoms with van der Waals surface area (Å²) in [5.41, 5.74) is 0.950. The molecule has 3 rings (SSSR count). The van der Waals surface area contributed by atoms with Gasteiger partial charge in [-0.1, -0.05) is 0 Å². The van der Waals surface area contributed by atoms with E-state index in [2.05, 4.69) is 0 Å². The normalized spacial score (nSPS) is 21.6. The van der Waals surface area contributed by atoms with E-state index in [1.54, 1.807) is 12.1 Å². The van der Waals surface area contributed by atoms with E-state index in [4.69, 9.17) is 4.74 Å². The summed E-state index contributed by atoms with van der Waals surface area (Å²) in [6, 6.07) is 5.02. The Morgan fingerprint density at radius 3 is 2.67 bits per heavy atom. The van der Waals surface area contributed by atoms with Gasteiger partial charge >= 0.3 is 0 Å². The van der Waals surface area contributed by atoms with Crippen LogP contribution in [0.15, 0.2) is 18.2 Å². The smallest absolute Gasteiger partial charge is 0.293 e. The summed E-state index contributed by atoms with van der Waals surface area (Å²) in [6.45, 7) is 5.12. The quantitative estimate of drug-likeness (QED) is 0.627. The van der Waals surface area contributed by atoms with Crippen LogP contribution in [-0.2, 0) is 4.74 Å². The number of benzene rings is 1. The van der Waals surface area contributed by atoms with Gasteiger partial charge in [-0.2, -0.15) is 0 Å². The first kappa shape index (κ1) is 16.7. The number of carbonyl (C=O) groups excluding carboxylic acids is 1. The highest BCUT2D eigenvalue weighted by molar-refractivity contribution is 5.96. The van der Waals surface area contributed by atoms with E-state index >= 15 is 0 Å². The molecule has 2 fully saturated rings. The van der Waals surface area contributed by atoms with Gasteiger partial charge in [0.25, 0.3) is 11.6 Å². The first-order chi connectivity index (χ1) is 11.6. The maximum absolute atomic E-state index is 12.7. The second kappa shape index (κ2) is 7.17. The zero-order valence-corrected chi connectivity index (χ0v) is 13.9. The highest BCUT2D eigenvalue weighted by Crippen LogP contribution is 2.31. The predicted molar refractivity (Wildman–Crippen MR) is 90.5 cm³/mol. The van der Waals surface area contributed by atoms with Crippen molar-refractivity contribution in [1.82, 2.24) is 4.90 Å². The van der Waals surface area contributed by atoms with Crippen LogP contribution < -0.4 is 4.90 Å². The van der Waals surface area contributed by atoms with Crippen molar-refractivity contribution in [3.63, 3.8) is 0 Å². The Kier molecular flexibility index (Phi) is 4.99.